The first-order valence-corrected chi connectivity index (χ1v) is 8.50. The molecule has 1 aromatic rings. The Morgan fingerprint density at radius 3 is 2.42 bits per heavy atom. The van der Waals surface area contributed by atoms with Crippen molar-refractivity contribution in [3.8, 4) is 0 Å². The molecule has 1 saturated carbocycles. The van der Waals surface area contributed by atoms with Gasteiger partial charge in [-0.3, -0.25) is 0 Å². The summed E-state index contributed by atoms with van der Waals surface area (Å²) in [6, 6.07) is 7.10. The van der Waals surface area contributed by atoms with E-state index in [4.69, 9.17) is 4.74 Å². The molecule has 2 atom stereocenters. The minimum absolute atomic E-state index is 0.0916. The van der Waals surface area contributed by atoms with Gasteiger partial charge in [-0.2, -0.15) is 0 Å². The number of hydrogen-bond acceptors (Lipinski definition) is 3. The van der Waals surface area contributed by atoms with Crippen molar-refractivity contribution >= 4 is 9.84 Å². The van der Waals surface area contributed by atoms with Crippen molar-refractivity contribution in [2.24, 2.45) is 5.92 Å². The number of ether oxygens (including phenoxy) is 1. The zero-order valence-electron chi connectivity index (χ0n) is 11.6. The van der Waals surface area contributed by atoms with Crippen molar-refractivity contribution in [2.45, 2.75) is 43.6 Å². The van der Waals surface area contributed by atoms with Crippen molar-refractivity contribution < 1.29 is 13.2 Å². The molecule has 0 N–H and O–H groups in total. The minimum atomic E-state index is -3.20. The van der Waals surface area contributed by atoms with Crippen LogP contribution in [0, 0.1) is 12.8 Å². The largest absolute Gasteiger partial charge is 0.381 e. The van der Waals surface area contributed by atoms with Gasteiger partial charge in [0, 0.05) is 7.11 Å². The lowest BCUT2D eigenvalue weighted by molar-refractivity contribution is 0.0322. The third-order valence-corrected chi connectivity index (χ3v) is 5.81. The summed E-state index contributed by atoms with van der Waals surface area (Å²) in [5.41, 5.74) is 1.08. The van der Waals surface area contributed by atoms with Gasteiger partial charge in [-0.15, -0.1) is 0 Å². The van der Waals surface area contributed by atoms with Crippen LogP contribution in [0.2, 0.25) is 0 Å². The Hall–Kier alpha value is -0.870. The van der Waals surface area contributed by atoms with Gasteiger partial charge in [0.2, 0.25) is 0 Å². The number of hydrogen-bond donors (Lipinski definition) is 0. The van der Waals surface area contributed by atoms with Crippen LogP contribution in [0.5, 0.6) is 0 Å². The summed E-state index contributed by atoms with van der Waals surface area (Å²) in [5.74, 6) is 0.333. The highest BCUT2D eigenvalue weighted by Crippen LogP contribution is 2.29. The fraction of sp³-hybridized carbons (Fsp3) is 0.600. The molecule has 0 bridgehead atoms. The maximum Gasteiger partial charge on any atom is 0.178 e. The Morgan fingerprint density at radius 2 is 1.79 bits per heavy atom. The van der Waals surface area contributed by atoms with Gasteiger partial charge in [0.15, 0.2) is 9.84 Å². The zero-order valence-corrected chi connectivity index (χ0v) is 12.4. The first-order chi connectivity index (χ1) is 9.03. The van der Waals surface area contributed by atoms with E-state index in [1.807, 2.05) is 19.1 Å². The summed E-state index contributed by atoms with van der Waals surface area (Å²) in [4.78, 5) is 0.429. The second-order valence-corrected chi connectivity index (χ2v) is 7.45. The van der Waals surface area contributed by atoms with E-state index in [2.05, 4.69) is 0 Å². The van der Waals surface area contributed by atoms with Gasteiger partial charge in [0.25, 0.3) is 0 Å². The first kappa shape index (κ1) is 14.5. The number of methoxy groups -OCH3 is 1. The Balaban J connectivity index is 2.14. The van der Waals surface area contributed by atoms with Gasteiger partial charge in [-0.05, 0) is 37.8 Å². The van der Waals surface area contributed by atoms with Crippen LogP contribution < -0.4 is 0 Å². The van der Waals surface area contributed by atoms with Gasteiger partial charge in [0.1, 0.15) is 0 Å². The maximum absolute atomic E-state index is 12.4. The second-order valence-electron chi connectivity index (χ2n) is 5.41. The predicted molar refractivity (Wildman–Crippen MR) is 76.0 cm³/mol. The van der Waals surface area contributed by atoms with Gasteiger partial charge in [0.05, 0.1) is 16.8 Å². The Bertz CT molecular complexity index is 505. The van der Waals surface area contributed by atoms with E-state index in [-0.39, 0.29) is 17.8 Å². The normalized spacial score (nSPS) is 24.3. The zero-order chi connectivity index (χ0) is 13.9. The average molecular weight is 282 g/mol. The molecule has 106 valence electrons. The Morgan fingerprint density at radius 1 is 1.16 bits per heavy atom. The van der Waals surface area contributed by atoms with Crippen LogP contribution in [0.15, 0.2) is 29.2 Å². The van der Waals surface area contributed by atoms with E-state index in [1.54, 1.807) is 19.2 Å². The molecule has 0 saturated heterocycles. The fourth-order valence-corrected chi connectivity index (χ4v) is 4.49. The van der Waals surface area contributed by atoms with E-state index >= 15 is 0 Å². The predicted octanol–water partition coefficient (Wildman–Crippen LogP) is 2.97. The molecule has 0 heterocycles. The molecule has 4 heteroatoms. The van der Waals surface area contributed by atoms with Crippen molar-refractivity contribution in [3.05, 3.63) is 29.8 Å². The molecule has 1 aromatic carbocycles. The molecule has 1 fully saturated rings. The summed E-state index contributed by atoms with van der Waals surface area (Å²) in [6.45, 7) is 1.96. The average Bonchev–Trinajstić information content (AvgIpc) is 2.39. The van der Waals surface area contributed by atoms with Gasteiger partial charge < -0.3 is 4.74 Å². The van der Waals surface area contributed by atoms with Crippen LogP contribution in [0.1, 0.15) is 31.2 Å². The van der Waals surface area contributed by atoms with Crippen LogP contribution in [-0.4, -0.2) is 27.4 Å². The smallest absolute Gasteiger partial charge is 0.178 e. The molecule has 0 aromatic heterocycles. The van der Waals surface area contributed by atoms with Crippen molar-refractivity contribution in [3.63, 3.8) is 0 Å². The molecule has 0 radical (unpaired) electrons. The molecule has 1 aliphatic rings. The second kappa shape index (κ2) is 6.06. The van der Waals surface area contributed by atoms with E-state index < -0.39 is 9.84 Å². The molecule has 0 amide bonds. The maximum atomic E-state index is 12.4. The quantitative estimate of drug-likeness (QED) is 0.852. The first-order valence-electron chi connectivity index (χ1n) is 6.85. The SMILES string of the molecule is CO[C@@H]1CCCC[C@@H]1CS(=O)(=O)c1ccc(C)cc1. The third kappa shape index (κ3) is 3.57. The summed E-state index contributed by atoms with van der Waals surface area (Å²) in [5, 5.41) is 0. The molecule has 0 aliphatic heterocycles. The lowest BCUT2D eigenvalue weighted by atomic mass is 9.88. The van der Waals surface area contributed by atoms with E-state index in [1.165, 1.54) is 0 Å². The highest BCUT2D eigenvalue weighted by molar-refractivity contribution is 7.91. The number of rotatable bonds is 4. The minimum Gasteiger partial charge on any atom is -0.381 e. The molecule has 0 unspecified atom stereocenters. The number of benzene rings is 1. The summed E-state index contributed by atoms with van der Waals surface area (Å²) < 4.78 is 30.3. The van der Waals surface area contributed by atoms with Crippen LogP contribution in [-0.2, 0) is 14.6 Å². The molecule has 19 heavy (non-hydrogen) atoms. The lowest BCUT2D eigenvalue weighted by Crippen LogP contribution is -2.32. The Kier molecular flexibility index (Phi) is 4.63. The topological polar surface area (TPSA) is 43.4 Å². The molecule has 1 aliphatic carbocycles. The van der Waals surface area contributed by atoms with Gasteiger partial charge in [-0.1, -0.05) is 30.5 Å². The molecular formula is C15H22O3S. The molecule has 0 spiro atoms. The van der Waals surface area contributed by atoms with Crippen molar-refractivity contribution in [2.75, 3.05) is 12.9 Å². The van der Waals surface area contributed by atoms with E-state index in [0.29, 0.717) is 4.90 Å². The fourth-order valence-electron chi connectivity index (χ4n) is 2.80. The van der Waals surface area contributed by atoms with Crippen LogP contribution in [0.3, 0.4) is 0 Å². The highest BCUT2D eigenvalue weighted by atomic mass is 32.2. The monoisotopic (exact) mass is 282 g/mol. The van der Waals surface area contributed by atoms with E-state index in [9.17, 15) is 8.42 Å². The molecule has 3 nitrogen and oxygen atoms in total. The standard InChI is InChI=1S/C15H22O3S/c1-12-7-9-14(10-8-12)19(16,17)11-13-5-3-4-6-15(13)18-2/h7-10,13,15H,3-6,11H2,1-2H3/t13-,15-/m1/s1. The summed E-state index contributed by atoms with van der Waals surface area (Å²) >= 11 is 0. The molecule has 2 rings (SSSR count). The third-order valence-electron chi connectivity index (χ3n) is 3.96. The number of sulfone groups is 1. The van der Waals surface area contributed by atoms with Crippen LogP contribution in [0.4, 0.5) is 0 Å². The van der Waals surface area contributed by atoms with Gasteiger partial charge >= 0.3 is 0 Å². The van der Waals surface area contributed by atoms with E-state index in [0.717, 1.165) is 31.2 Å². The Labute approximate surface area is 115 Å². The highest BCUT2D eigenvalue weighted by Gasteiger charge is 2.30. The number of aryl methyl sites for hydroxylation is 1. The van der Waals surface area contributed by atoms with Crippen LogP contribution in [0.25, 0.3) is 0 Å². The molecular weight excluding hydrogens is 260 g/mol. The summed E-state index contributed by atoms with van der Waals surface area (Å²) in [6.07, 6.45) is 4.26. The summed E-state index contributed by atoms with van der Waals surface area (Å²) in [7, 11) is -1.52. The van der Waals surface area contributed by atoms with Crippen molar-refractivity contribution in [1.82, 2.24) is 0 Å². The lowest BCUT2D eigenvalue weighted by Gasteiger charge is -2.30. The van der Waals surface area contributed by atoms with Crippen LogP contribution >= 0.6 is 0 Å². The van der Waals surface area contributed by atoms with Crippen molar-refractivity contribution in [1.29, 1.82) is 0 Å². The van der Waals surface area contributed by atoms with Gasteiger partial charge in [-0.25, -0.2) is 8.42 Å².